The number of nitrogens with one attached hydrogen (secondary N) is 1. The van der Waals surface area contributed by atoms with Crippen molar-refractivity contribution in [1.82, 2.24) is 10.2 Å². The molecule has 0 atom stereocenters. The summed E-state index contributed by atoms with van der Waals surface area (Å²) in [6.07, 6.45) is 0.769. The third-order valence-corrected chi connectivity index (χ3v) is 5.63. The summed E-state index contributed by atoms with van der Waals surface area (Å²) in [7, 11) is 0. The summed E-state index contributed by atoms with van der Waals surface area (Å²) in [6, 6.07) is 13.5. The van der Waals surface area contributed by atoms with Crippen molar-refractivity contribution in [2.75, 3.05) is 11.1 Å². The summed E-state index contributed by atoms with van der Waals surface area (Å²) in [5.74, 6) is 0.173. The van der Waals surface area contributed by atoms with Crippen LogP contribution < -0.4 is 5.32 Å². The van der Waals surface area contributed by atoms with E-state index in [4.69, 9.17) is 0 Å². The normalized spacial score (nSPS) is 10.6. The second-order valence-electron chi connectivity index (χ2n) is 5.01. The first-order valence-corrected chi connectivity index (χ1v) is 9.97. The SMILES string of the molecule is O=C(Nc1nnc(CCSc2ccc(Br)cc2)s1)c1ccc(F)cc1. The number of halogens is 2. The Labute approximate surface area is 161 Å². The van der Waals surface area contributed by atoms with E-state index in [1.165, 1.54) is 40.5 Å². The maximum absolute atomic E-state index is 12.9. The molecule has 0 aliphatic rings. The van der Waals surface area contributed by atoms with Crippen LogP contribution in [0.15, 0.2) is 57.9 Å². The van der Waals surface area contributed by atoms with Crippen molar-refractivity contribution in [3.63, 3.8) is 0 Å². The van der Waals surface area contributed by atoms with Gasteiger partial charge < -0.3 is 0 Å². The minimum absolute atomic E-state index is 0.327. The van der Waals surface area contributed by atoms with Crippen molar-refractivity contribution in [3.05, 3.63) is 69.4 Å². The van der Waals surface area contributed by atoms with Crippen LogP contribution in [0.25, 0.3) is 0 Å². The molecule has 3 aromatic rings. The van der Waals surface area contributed by atoms with Crippen molar-refractivity contribution in [2.24, 2.45) is 0 Å². The second kappa shape index (κ2) is 8.55. The maximum atomic E-state index is 12.9. The van der Waals surface area contributed by atoms with Crippen LogP contribution in [0, 0.1) is 5.82 Å². The number of carbonyl (C=O) groups is 1. The van der Waals surface area contributed by atoms with E-state index in [0.717, 1.165) is 21.7 Å². The number of carbonyl (C=O) groups excluding carboxylic acids is 1. The van der Waals surface area contributed by atoms with Crippen molar-refractivity contribution < 1.29 is 9.18 Å². The summed E-state index contributed by atoms with van der Waals surface area (Å²) in [5.41, 5.74) is 0.379. The molecule has 1 aromatic heterocycles. The molecule has 0 saturated carbocycles. The van der Waals surface area contributed by atoms with Crippen LogP contribution >= 0.6 is 39.0 Å². The highest BCUT2D eigenvalue weighted by Gasteiger charge is 2.10. The average Bonchev–Trinajstić information content (AvgIpc) is 3.04. The highest BCUT2D eigenvalue weighted by Crippen LogP contribution is 2.23. The fraction of sp³-hybridized carbons (Fsp3) is 0.118. The van der Waals surface area contributed by atoms with Gasteiger partial charge in [0, 0.05) is 27.1 Å². The topological polar surface area (TPSA) is 54.9 Å². The number of nitrogens with zero attached hydrogens (tertiary/aromatic N) is 2. The standard InChI is InChI=1S/C17H13BrFN3OS2/c18-12-3-7-14(8-4-12)24-10-9-15-21-22-17(25-15)20-16(23)11-1-5-13(19)6-2-11/h1-8H,9-10H2,(H,20,22,23). The van der Waals surface area contributed by atoms with Gasteiger partial charge in [-0.15, -0.1) is 22.0 Å². The highest BCUT2D eigenvalue weighted by atomic mass is 79.9. The molecule has 1 heterocycles. The largest absolute Gasteiger partial charge is 0.296 e. The van der Waals surface area contributed by atoms with E-state index >= 15 is 0 Å². The van der Waals surface area contributed by atoms with Crippen LogP contribution in [0.4, 0.5) is 9.52 Å². The van der Waals surface area contributed by atoms with Gasteiger partial charge in [-0.3, -0.25) is 10.1 Å². The van der Waals surface area contributed by atoms with Crippen LogP contribution in [0.3, 0.4) is 0 Å². The van der Waals surface area contributed by atoms with Gasteiger partial charge in [0.15, 0.2) is 0 Å². The average molecular weight is 438 g/mol. The Morgan fingerprint density at radius 2 is 1.84 bits per heavy atom. The van der Waals surface area contributed by atoms with Gasteiger partial charge in [0.1, 0.15) is 10.8 Å². The Kier molecular flexibility index (Phi) is 6.17. The zero-order chi connectivity index (χ0) is 17.6. The summed E-state index contributed by atoms with van der Waals surface area (Å²) in [4.78, 5) is 13.3. The smallest absolute Gasteiger partial charge is 0.257 e. The van der Waals surface area contributed by atoms with Crippen molar-refractivity contribution in [2.45, 2.75) is 11.3 Å². The first kappa shape index (κ1) is 18.0. The van der Waals surface area contributed by atoms with Crippen molar-refractivity contribution >= 4 is 50.1 Å². The van der Waals surface area contributed by atoms with E-state index in [1.807, 2.05) is 12.1 Å². The second-order valence-corrected chi connectivity index (χ2v) is 8.16. The zero-order valence-corrected chi connectivity index (χ0v) is 16.1. The number of aromatic nitrogens is 2. The summed E-state index contributed by atoms with van der Waals surface area (Å²) in [5, 5.41) is 12.1. The van der Waals surface area contributed by atoms with Gasteiger partial charge in [-0.1, -0.05) is 27.3 Å². The fourth-order valence-electron chi connectivity index (χ4n) is 1.96. The molecule has 25 heavy (non-hydrogen) atoms. The lowest BCUT2D eigenvalue weighted by molar-refractivity contribution is 0.102. The van der Waals surface area contributed by atoms with Crippen LogP contribution in [0.5, 0.6) is 0 Å². The lowest BCUT2D eigenvalue weighted by Gasteiger charge is -2.00. The van der Waals surface area contributed by atoms with Gasteiger partial charge in [0.2, 0.25) is 5.13 Å². The van der Waals surface area contributed by atoms with Crippen molar-refractivity contribution in [3.8, 4) is 0 Å². The molecule has 0 aliphatic heterocycles. The van der Waals surface area contributed by atoms with Gasteiger partial charge in [-0.25, -0.2) is 4.39 Å². The van der Waals surface area contributed by atoms with Crippen LogP contribution in [0.1, 0.15) is 15.4 Å². The predicted octanol–water partition coefficient (Wildman–Crippen LogP) is 5.03. The molecule has 0 spiro atoms. The van der Waals surface area contributed by atoms with Gasteiger partial charge in [-0.05, 0) is 48.5 Å². The number of thioether (sulfide) groups is 1. The molecule has 0 radical (unpaired) electrons. The molecule has 128 valence electrons. The Morgan fingerprint density at radius 1 is 1.12 bits per heavy atom. The number of anilines is 1. The van der Waals surface area contributed by atoms with Gasteiger partial charge in [0.05, 0.1) is 0 Å². The van der Waals surface area contributed by atoms with Crippen LogP contribution in [-0.2, 0) is 6.42 Å². The van der Waals surface area contributed by atoms with E-state index in [0.29, 0.717) is 10.7 Å². The molecule has 0 unspecified atom stereocenters. The van der Waals surface area contributed by atoms with Crippen molar-refractivity contribution in [1.29, 1.82) is 0 Å². The number of hydrogen-bond acceptors (Lipinski definition) is 5. The zero-order valence-electron chi connectivity index (χ0n) is 12.9. The Morgan fingerprint density at radius 3 is 2.56 bits per heavy atom. The monoisotopic (exact) mass is 437 g/mol. The Balaban J connectivity index is 1.51. The van der Waals surface area contributed by atoms with Gasteiger partial charge >= 0.3 is 0 Å². The number of aryl methyl sites for hydroxylation is 1. The van der Waals surface area contributed by atoms with E-state index < -0.39 is 0 Å². The number of amides is 1. The molecule has 1 amide bonds. The molecule has 8 heteroatoms. The van der Waals surface area contributed by atoms with Gasteiger partial charge in [0.25, 0.3) is 5.91 Å². The lowest BCUT2D eigenvalue weighted by Crippen LogP contribution is -2.11. The lowest BCUT2D eigenvalue weighted by atomic mass is 10.2. The van der Waals surface area contributed by atoms with E-state index in [-0.39, 0.29) is 11.7 Å². The quantitative estimate of drug-likeness (QED) is 0.549. The number of rotatable bonds is 6. The fourth-order valence-corrected chi connectivity index (χ4v) is 3.95. The first-order valence-electron chi connectivity index (χ1n) is 7.38. The molecule has 2 aromatic carbocycles. The third-order valence-electron chi connectivity index (χ3n) is 3.19. The van der Waals surface area contributed by atoms with Gasteiger partial charge in [-0.2, -0.15) is 0 Å². The summed E-state index contributed by atoms with van der Waals surface area (Å²) >= 11 is 6.50. The molecule has 3 rings (SSSR count). The predicted molar refractivity (Wildman–Crippen MR) is 103 cm³/mol. The van der Waals surface area contributed by atoms with Crippen LogP contribution in [-0.4, -0.2) is 21.9 Å². The minimum Gasteiger partial charge on any atom is -0.296 e. The molecule has 1 N–H and O–H groups in total. The third kappa shape index (κ3) is 5.35. The maximum Gasteiger partial charge on any atom is 0.257 e. The summed E-state index contributed by atoms with van der Waals surface area (Å²) < 4.78 is 13.9. The molecular formula is C17H13BrFN3OS2. The van der Waals surface area contributed by atoms with Crippen LogP contribution in [0.2, 0.25) is 0 Å². The highest BCUT2D eigenvalue weighted by molar-refractivity contribution is 9.10. The molecule has 0 saturated heterocycles. The molecule has 0 fully saturated rings. The number of hydrogen-bond donors (Lipinski definition) is 1. The first-order chi connectivity index (χ1) is 12.1. The van der Waals surface area contributed by atoms with E-state index in [1.54, 1.807) is 11.8 Å². The number of benzene rings is 2. The van der Waals surface area contributed by atoms with E-state index in [2.05, 4.69) is 43.6 Å². The molecule has 4 nitrogen and oxygen atoms in total. The molecular weight excluding hydrogens is 425 g/mol. The Bertz CT molecular complexity index is 853. The molecule has 0 aliphatic carbocycles. The van der Waals surface area contributed by atoms with E-state index in [9.17, 15) is 9.18 Å². The molecule has 0 bridgehead atoms. The Hall–Kier alpha value is -1.77. The summed E-state index contributed by atoms with van der Waals surface area (Å²) in [6.45, 7) is 0. The minimum atomic E-state index is -0.377.